The largest absolute Gasteiger partial charge is 0.228 e. The fraction of sp³-hybridized carbons (Fsp3) is 0.140. The summed E-state index contributed by atoms with van der Waals surface area (Å²) < 4.78 is 0. The van der Waals surface area contributed by atoms with Gasteiger partial charge in [-0.15, -0.1) is 0 Å². The molecule has 8 aromatic rings. The average Bonchev–Trinajstić information content (AvgIpc) is 3.27. The summed E-state index contributed by atoms with van der Waals surface area (Å²) in [5.74, 6) is 7.06. The summed E-state index contributed by atoms with van der Waals surface area (Å²) in [7, 11) is 0. The predicted octanol–water partition coefficient (Wildman–Crippen LogP) is 11.7. The number of nitrogens with zero attached hydrogens (tertiary/aromatic N) is 5. The second kappa shape index (κ2) is 13.1. The Bertz CT molecular complexity index is 2660. The van der Waals surface area contributed by atoms with Gasteiger partial charge in [-0.25, -0.2) is 24.9 Å². The third kappa shape index (κ3) is 5.66. The molecule has 0 bridgehead atoms. The van der Waals surface area contributed by atoms with Crippen molar-refractivity contribution in [2.45, 2.75) is 18.8 Å². The highest BCUT2D eigenvalue weighted by Gasteiger charge is 2.67. The average molecular weight is 708 g/mol. The maximum absolute atomic E-state index is 5.25. The highest BCUT2D eigenvalue weighted by molar-refractivity contribution is 5.76. The van der Waals surface area contributed by atoms with Gasteiger partial charge in [-0.3, -0.25) is 0 Å². The summed E-state index contributed by atoms with van der Waals surface area (Å²) in [6, 6.07) is 58.9. The molecule has 5 heteroatoms. The van der Waals surface area contributed by atoms with Gasteiger partial charge in [0.25, 0.3) is 0 Å². The van der Waals surface area contributed by atoms with E-state index in [2.05, 4.69) is 127 Å². The molecule has 6 aromatic carbocycles. The lowest BCUT2D eigenvalue weighted by Crippen LogP contribution is -2.65. The summed E-state index contributed by atoms with van der Waals surface area (Å²) in [6.45, 7) is 0. The number of hydrogen-bond acceptors (Lipinski definition) is 5. The Balaban J connectivity index is 0.994. The lowest BCUT2D eigenvalue weighted by atomic mass is 9.31. The van der Waals surface area contributed by atoms with Gasteiger partial charge in [0.1, 0.15) is 0 Å². The second-order valence-electron chi connectivity index (χ2n) is 15.3. The molecule has 0 radical (unpaired) electrons. The molecule has 0 spiro atoms. The quantitative estimate of drug-likeness (QED) is 0.157. The van der Waals surface area contributed by atoms with Gasteiger partial charge >= 0.3 is 0 Å². The van der Waals surface area contributed by atoms with E-state index >= 15 is 0 Å². The Hall–Kier alpha value is -6.59. The van der Waals surface area contributed by atoms with E-state index in [0.29, 0.717) is 23.4 Å². The topological polar surface area (TPSA) is 64.5 Å². The van der Waals surface area contributed by atoms with Crippen molar-refractivity contribution in [2.75, 3.05) is 0 Å². The standard InChI is InChI=1S/C50H37N5/c1-4-12-31(13-5-1)32-22-24-35(25-23-32)48-53-47(34-16-8-3-9-17-34)54-50(55-48)38-20-10-18-36(26-38)44-30-43(33-14-6-2-7-15-33)51-49(52-44)39-21-11-19-37(27-39)45-41-28-40-29-42(45)46(40)41/h1-27,30,40-42,45-46H,28-29H2. The lowest BCUT2D eigenvalue weighted by molar-refractivity contribution is -0.214. The summed E-state index contributed by atoms with van der Waals surface area (Å²) >= 11 is 0. The van der Waals surface area contributed by atoms with Crippen LogP contribution in [-0.4, -0.2) is 24.9 Å². The summed E-state index contributed by atoms with van der Waals surface area (Å²) in [4.78, 5) is 25.5. The van der Waals surface area contributed by atoms with Crippen LogP contribution < -0.4 is 0 Å². The zero-order valence-electron chi connectivity index (χ0n) is 30.2. The molecule has 55 heavy (non-hydrogen) atoms. The van der Waals surface area contributed by atoms with Crippen LogP contribution in [0.2, 0.25) is 0 Å². The van der Waals surface area contributed by atoms with Gasteiger partial charge in [-0.05, 0) is 77.3 Å². The van der Waals surface area contributed by atoms with Gasteiger partial charge in [0.2, 0.25) is 0 Å². The zero-order valence-corrected chi connectivity index (χ0v) is 30.2. The Morgan fingerprint density at radius 1 is 0.327 bits per heavy atom. The SMILES string of the molecule is c1ccc(-c2ccc(-c3nc(-c4ccccc4)nc(-c4cccc(-c5cc(-c6ccccc6)nc(-c6cccc(C7C8CC9CC7C98)c6)n5)c4)n3)cc2)cc1. The molecule has 0 N–H and O–H groups in total. The molecule has 2 heterocycles. The molecule has 3 fully saturated rings. The van der Waals surface area contributed by atoms with Crippen LogP contribution in [0.15, 0.2) is 170 Å². The molecule has 3 aliphatic carbocycles. The summed E-state index contributed by atoms with van der Waals surface area (Å²) in [6.07, 6.45) is 2.82. The van der Waals surface area contributed by atoms with E-state index in [-0.39, 0.29) is 0 Å². The molecule has 0 saturated heterocycles. The summed E-state index contributed by atoms with van der Waals surface area (Å²) in [5.41, 5.74) is 11.4. The lowest BCUT2D eigenvalue weighted by Gasteiger charge is -2.73. The van der Waals surface area contributed by atoms with Gasteiger partial charge in [-0.1, -0.05) is 152 Å². The fourth-order valence-electron chi connectivity index (χ4n) is 9.46. The molecule has 5 nitrogen and oxygen atoms in total. The molecule has 262 valence electrons. The van der Waals surface area contributed by atoms with Crippen molar-refractivity contribution < 1.29 is 0 Å². The van der Waals surface area contributed by atoms with Crippen molar-refractivity contribution in [1.29, 1.82) is 0 Å². The number of aromatic nitrogens is 5. The van der Waals surface area contributed by atoms with Crippen LogP contribution in [-0.2, 0) is 0 Å². The van der Waals surface area contributed by atoms with Crippen LogP contribution in [0, 0.1) is 23.7 Å². The van der Waals surface area contributed by atoms with E-state index in [1.807, 2.05) is 42.5 Å². The Morgan fingerprint density at radius 3 is 1.38 bits per heavy atom. The smallest absolute Gasteiger partial charge is 0.164 e. The van der Waals surface area contributed by atoms with Gasteiger partial charge in [0.15, 0.2) is 23.3 Å². The van der Waals surface area contributed by atoms with Gasteiger partial charge in [0.05, 0.1) is 11.4 Å². The molecule has 0 amide bonds. The first kappa shape index (κ1) is 31.9. The molecule has 11 rings (SSSR count). The van der Waals surface area contributed by atoms with Crippen molar-refractivity contribution in [3.8, 4) is 79.2 Å². The Kier molecular flexibility index (Phi) is 7.58. The van der Waals surface area contributed by atoms with Crippen LogP contribution in [0.5, 0.6) is 0 Å². The van der Waals surface area contributed by atoms with Crippen molar-refractivity contribution >= 4 is 0 Å². The maximum atomic E-state index is 5.25. The molecule has 3 saturated carbocycles. The number of benzene rings is 6. The highest BCUT2D eigenvalue weighted by atomic mass is 15.0. The first-order valence-corrected chi connectivity index (χ1v) is 19.3. The van der Waals surface area contributed by atoms with Gasteiger partial charge in [-0.2, -0.15) is 0 Å². The normalized spacial score (nSPS) is 20.4. The summed E-state index contributed by atoms with van der Waals surface area (Å²) in [5, 5.41) is 0. The molecule has 3 aliphatic rings. The van der Waals surface area contributed by atoms with E-state index in [0.717, 1.165) is 79.8 Å². The molecule has 2 unspecified atom stereocenters. The van der Waals surface area contributed by atoms with E-state index < -0.39 is 0 Å². The molecular weight excluding hydrogens is 671 g/mol. The first-order valence-electron chi connectivity index (χ1n) is 19.3. The van der Waals surface area contributed by atoms with Crippen LogP contribution >= 0.6 is 0 Å². The minimum absolute atomic E-state index is 0.608. The predicted molar refractivity (Wildman–Crippen MR) is 219 cm³/mol. The first-order chi connectivity index (χ1) is 27.2. The fourth-order valence-corrected chi connectivity index (χ4v) is 9.46. The monoisotopic (exact) mass is 707 g/mol. The van der Waals surface area contributed by atoms with Crippen LogP contribution in [0.3, 0.4) is 0 Å². The van der Waals surface area contributed by atoms with Crippen LogP contribution in [0.1, 0.15) is 24.3 Å². The third-order valence-electron chi connectivity index (χ3n) is 12.3. The second-order valence-corrected chi connectivity index (χ2v) is 15.3. The Labute approximate surface area is 320 Å². The van der Waals surface area contributed by atoms with Crippen LogP contribution in [0.25, 0.3) is 79.2 Å². The minimum Gasteiger partial charge on any atom is -0.228 e. The third-order valence-corrected chi connectivity index (χ3v) is 12.3. The van der Waals surface area contributed by atoms with E-state index in [4.69, 9.17) is 24.9 Å². The number of rotatable bonds is 8. The minimum atomic E-state index is 0.608. The zero-order chi connectivity index (χ0) is 36.3. The highest BCUT2D eigenvalue weighted by Crippen LogP contribution is 2.75. The molecule has 2 atom stereocenters. The van der Waals surface area contributed by atoms with Gasteiger partial charge in [0, 0.05) is 33.4 Å². The molecular formula is C50H37N5. The van der Waals surface area contributed by atoms with Crippen molar-refractivity contribution in [3.05, 3.63) is 175 Å². The molecule has 0 aliphatic heterocycles. The van der Waals surface area contributed by atoms with E-state index in [1.54, 1.807) is 0 Å². The van der Waals surface area contributed by atoms with Crippen LogP contribution in [0.4, 0.5) is 0 Å². The Morgan fingerprint density at radius 2 is 0.764 bits per heavy atom. The van der Waals surface area contributed by atoms with E-state index in [9.17, 15) is 0 Å². The van der Waals surface area contributed by atoms with Crippen molar-refractivity contribution in [3.63, 3.8) is 0 Å². The van der Waals surface area contributed by atoms with Crippen molar-refractivity contribution in [2.24, 2.45) is 23.7 Å². The molecule has 2 aromatic heterocycles. The van der Waals surface area contributed by atoms with E-state index in [1.165, 1.54) is 24.0 Å². The van der Waals surface area contributed by atoms with Crippen molar-refractivity contribution in [1.82, 2.24) is 24.9 Å². The van der Waals surface area contributed by atoms with Gasteiger partial charge < -0.3 is 0 Å². The maximum Gasteiger partial charge on any atom is 0.164 e. The number of hydrogen-bond donors (Lipinski definition) is 0.